The molecule has 0 spiro atoms. The number of hydrogen-bond donors (Lipinski definition) is 2. The van der Waals surface area contributed by atoms with Crippen molar-refractivity contribution in [3.05, 3.63) is 34.0 Å². The molecule has 1 unspecified atom stereocenters. The summed E-state index contributed by atoms with van der Waals surface area (Å²) < 4.78 is 0.978. The van der Waals surface area contributed by atoms with Gasteiger partial charge >= 0.3 is 5.97 Å². The number of carboxylic acid groups (broad SMARTS) is 1. The van der Waals surface area contributed by atoms with Crippen molar-refractivity contribution in [1.82, 2.24) is 15.3 Å². The molecule has 2 heterocycles. The molecule has 7 heteroatoms. The minimum atomic E-state index is -0.998. The van der Waals surface area contributed by atoms with Crippen molar-refractivity contribution in [1.29, 1.82) is 0 Å². The van der Waals surface area contributed by atoms with E-state index in [0.29, 0.717) is 0 Å². The maximum Gasteiger partial charge on any atom is 0.328 e. The van der Waals surface area contributed by atoms with Gasteiger partial charge in [0, 0.05) is 16.0 Å². The van der Waals surface area contributed by atoms with Crippen molar-refractivity contribution >= 4 is 33.2 Å². The van der Waals surface area contributed by atoms with E-state index in [1.807, 2.05) is 11.4 Å². The topological polar surface area (TPSA) is 75.1 Å². The molecular weight excluding hydrogens is 318 g/mol. The maximum atomic E-state index is 11.0. The van der Waals surface area contributed by atoms with Gasteiger partial charge in [-0.2, -0.15) is 0 Å². The van der Waals surface area contributed by atoms with E-state index >= 15 is 0 Å². The molecule has 0 aromatic carbocycles. The molecular formula is C11H10BrN3O2S. The number of aliphatic carboxylic acids is 1. The summed E-state index contributed by atoms with van der Waals surface area (Å²) >= 11 is 4.91. The second-order valence-electron chi connectivity index (χ2n) is 3.49. The highest BCUT2D eigenvalue weighted by molar-refractivity contribution is 9.10. The average Bonchev–Trinajstić information content (AvgIpc) is 2.77. The number of likely N-dealkylation sites (N-methyl/N-ethyl adjacent to an activating group) is 1. The van der Waals surface area contributed by atoms with E-state index in [2.05, 4.69) is 31.2 Å². The lowest BCUT2D eigenvalue weighted by molar-refractivity contribution is -0.139. The number of carboxylic acids is 1. The third-order valence-electron chi connectivity index (χ3n) is 2.29. The molecule has 0 saturated carbocycles. The van der Waals surface area contributed by atoms with Crippen LogP contribution >= 0.6 is 27.3 Å². The van der Waals surface area contributed by atoms with E-state index in [0.717, 1.165) is 15.0 Å². The van der Waals surface area contributed by atoms with Gasteiger partial charge in [-0.25, -0.2) is 9.97 Å². The summed E-state index contributed by atoms with van der Waals surface area (Å²) in [5.41, 5.74) is 0.720. The minimum Gasteiger partial charge on any atom is -0.480 e. The summed E-state index contributed by atoms with van der Waals surface area (Å²) in [6.07, 6.45) is 1.57. The first-order chi connectivity index (χ1) is 8.61. The van der Waals surface area contributed by atoms with Crippen LogP contribution < -0.4 is 5.32 Å². The van der Waals surface area contributed by atoms with Crippen molar-refractivity contribution in [3.8, 4) is 10.6 Å². The minimum absolute atomic E-state index is 0.257. The molecule has 1 atom stereocenters. The van der Waals surface area contributed by atoms with Crippen LogP contribution in [0.1, 0.15) is 11.9 Å². The van der Waals surface area contributed by atoms with Crippen molar-refractivity contribution in [2.24, 2.45) is 0 Å². The Labute approximate surface area is 116 Å². The van der Waals surface area contributed by atoms with Crippen molar-refractivity contribution < 1.29 is 9.90 Å². The molecule has 94 valence electrons. The largest absolute Gasteiger partial charge is 0.480 e. The van der Waals surface area contributed by atoms with Crippen molar-refractivity contribution in [2.45, 2.75) is 6.04 Å². The summed E-state index contributed by atoms with van der Waals surface area (Å²) in [6, 6.07) is 2.80. The predicted octanol–water partition coefficient (Wildman–Crippen LogP) is 2.31. The van der Waals surface area contributed by atoms with E-state index in [1.165, 1.54) is 11.3 Å². The van der Waals surface area contributed by atoms with Gasteiger partial charge in [-0.3, -0.25) is 4.79 Å². The number of nitrogens with one attached hydrogen (secondary N) is 1. The fourth-order valence-corrected chi connectivity index (χ4v) is 2.86. The van der Waals surface area contributed by atoms with Crippen LogP contribution in [0.2, 0.25) is 0 Å². The van der Waals surface area contributed by atoms with E-state index in [9.17, 15) is 4.79 Å². The molecule has 0 saturated heterocycles. The van der Waals surface area contributed by atoms with Crippen LogP contribution in [0, 0.1) is 0 Å². The zero-order valence-electron chi connectivity index (χ0n) is 9.42. The second kappa shape index (κ2) is 5.55. The zero-order chi connectivity index (χ0) is 13.1. The van der Waals surface area contributed by atoms with Crippen LogP contribution in [0.3, 0.4) is 0 Å². The standard InChI is InChI=1S/C11H10BrN3O2S/c1-13-9(11(16)17)10-14-3-2-7(15-10)8-4-6(12)5-18-8/h2-5,9,13H,1H3,(H,16,17). The first kappa shape index (κ1) is 13.1. The highest BCUT2D eigenvalue weighted by atomic mass is 79.9. The predicted molar refractivity (Wildman–Crippen MR) is 72.5 cm³/mol. The Balaban J connectivity index is 2.38. The van der Waals surface area contributed by atoms with E-state index in [4.69, 9.17) is 5.11 Å². The van der Waals surface area contributed by atoms with Crippen LogP contribution in [0.25, 0.3) is 10.6 Å². The van der Waals surface area contributed by atoms with Crippen LogP contribution in [-0.4, -0.2) is 28.1 Å². The SMILES string of the molecule is CNC(C(=O)O)c1nccc(-c2cc(Br)cs2)n1. The number of rotatable bonds is 4. The summed E-state index contributed by atoms with van der Waals surface area (Å²) in [7, 11) is 1.57. The molecule has 18 heavy (non-hydrogen) atoms. The number of halogens is 1. The molecule has 0 bridgehead atoms. The molecule has 2 N–H and O–H groups in total. The normalized spacial score (nSPS) is 12.3. The Bertz CT molecular complexity index is 573. The molecule has 0 fully saturated rings. The lowest BCUT2D eigenvalue weighted by Gasteiger charge is -2.09. The fraction of sp³-hybridized carbons (Fsp3) is 0.182. The number of aromatic nitrogens is 2. The summed E-state index contributed by atoms with van der Waals surface area (Å²) in [5.74, 6) is -0.742. The third-order valence-corrected chi connectivity index (χ3v) is 4.00. The number of thiophene rings is 1. The second-order valence-corrected chi connectivity index (χ2v) is 5.32. The highest BCUT2D eigenvalue weighted by Gasteiger charge is 2.21. The van der Waals surface area contributed by atoms with Crippen LogP contribution in [-0.2, 0) is 4.79 Å². The Morgan fingerprint density at radius 1 is 1.61 bits per heavy atom. The Morgan fingerprint density at radius 2 is 2.39 bits per heavy atom. The molecule has 0 amide bonds. The van der Waals surface area contributed by atoms with Crippen molar-refractivity contribution in [2.75, 3.05) is 7.05 Å². The first-order valence-electron chi connectivity index (χ1n) is 5.09. The van der Waals surface area contributed by atoms with Gasteiger partial charge in [0.05, 0.1) is 10.6 Å². The summed E-state index contributed by atoms with van der Waals surface area (Å²) in [6.45, 7) is 0. The van der Waals surface area contributed by atoms with Gasteiger partial charge in [0.1, 0.15) is 0 Å². The smallest absolute Gasteiger partial charge is 0.328 e. The molecule has 0 aliphatic rings. The van der Waals surface area contributed by atoms with Gasteiger partial charge in [-0.05, 0) is 35.1 Å². The van der Waals surface area contributed by atoms with Gasteiger partial charge < -0.3 is 10.4 Å². The lowest BCUT2D eigenvalue weighted by atomic mass is 10.2. The third kappa shape index (κ3) is 2.74. The van der Waals surface area contributed by atoms with Gasteiger partial charge in [-0.1, -0.05) is 0 Å². The summed E-state index contributed by atoms with van der Waals surface area (Å²) in [5, 5.41) is 13.7. The summed E-state index contributed by atoms with van der Waals surface area (Å²) in [4.78, 5) is 20.3. The average molecular weight is 328 g/mol. The van der Waals surface area contributed by atoms with Crippen LogP contribution in [0.5, 0.6) is 0 Å². The Morgan fingerprint density at radius 3 is 2.94 bits per heavy atom. The van der Waals surface area contributed by atoms with E-state index in [-0.39, 0.29) is 5.82 Å². The van der Waals surface area contributed by atoms with Crippen LogP contribution in [0.15, 0.2) is 28.2 Å². The molecule has 2 aromatic rings. The van der Waals surface area contributed by atoms with Gasteiger partial charge in [0.2, 0.25) is 0 Å². The number of carbonyl (C=O) groups is 1. The Kier molecular flexibility index (Phi) is 4.05. The van der Waals surface area contributed by atoms with Gasteiger partial charge in [-0.15, -0.1) is 11.3 Å². The van der Waals surface area contributed by atoms with Gasteiger partial charge in [0.25, 0.3) is 0 Å². The first-order valence-corrected chi connectivity index (χ1v) is 6.76. The number of nitrogens with zero attached hydrogens (tertiary/aromatic N) is 2. The molecule has 5 nitrogen and oxygen atoms in total. The highest BCUT2D eigenvalue weighted by Crippen LogP contribution is 2.28. The number of hydrogen-bond acceptors (Lipinski definition) is 5. The molecule has 0 radical (unpaired) electrons. The molecule has 0 aliphatic carbocycles. The zero-order valence-corrected chi connectivity index (χ0v) is 11.8. The molecule has 2 rings (SSSR count). The quantitative estimate of drug-likeness (QED) is 0.901. The van der Waals surface area contributed by atoms with Gasteiger partial charge in [0.15, 0.2) is 11.9 Å². The monoisotopic (exact) mass is 327 g/mol. The van der Waals surface area contributed by atoms with Crippen molar-refractivity contribution in [3.63, 3.8) is 0 Å². The Hall–Kier alpha value is -1.31. The fourth-order valence-electron chi connectivity index (χ4n) is 1.46. The maximum absolute atomic E-state index is 11.0. The van der Waals surface area contributed by atoms with E-state index < -0.39 is 12.0 Å². The lowest BCUT2D eigenvalue weighted by Crippen LogP contribution is -2.27. The van der Waals surface area contributed by atoms with E-state index in [1.54, 1.807) is 19.3 Å². The molecule has 0 aliphatic heterocycles. The van der Waals surface area contributed by atoms with Crippen LogP contribution in [0.4, 0.5) is 0 Å². The molecule has 2 aromatic heterocycles.